The molecule has 2 nitrogen and oxygen atoms in total. The molecule has 1 aromatic carbocycles. The molecular formula is C13H18FO2. The van der Waals surface area contributed by atoms with Crippen LogP contribution in [0.15, 0.2) is 18.2 Å². The van der Waals surface area contributed by atoms with Crippen LogP contribution in [0.5, 0.6) is 11.5 Å². The van der Waals surface area contributed by atoms with E-state index >= 15 is 0 Å². The first-order valence-corrected chi connectivity index (χ1v) is 5.51. The smallest absolute Gasteiger partial charge is 0.126 e. The summed E-state index contributed by atoms with van der Waals surface area (Å²) in [6.45, 7) is 8.21. The maximum Gasteiger partial charge on any atom is 0.126 e. The van der Waals surface area contributed by atoms with E-state index in [2.05, 4.69) is 6.92 Å². The van der Waals surface area contributed by atoms with E-state index in [9.17, 15) is 4.39 Å². The number of benzene rings is 1. The first kappa shape index (κ1) is 12.8. The van der Waals surface area contributed by atoms with Gasteiger partial charge in [-0.3, -0.25) is 4.39 Å². The molecule has 0 aliphatic rings. The average molecular weight is 225 g/mol. The van der Waals surface area contributed by atoms with Crippen molar-refractivity contribution in [1.29, 1.82) is 0 Å². The van der Waals surface area contributed by atoms with Crippen molar-refractivity contribution >= 4 is 0 Å². The summed E-state index contributed by atoms with van der Waals surface area (Å²) in [5.41, 5.74) is 0.785. The largest absolute Gasteiger partial charge is 0.494 e. The van der Waals surface area contributed by atoms with Gasteiger partial charge in [-0.1, -0.05) is 6.07 Å². The molecule has 0 saturated carbocycles. The van der Waals surface area contributed by atoms with Crippen LogP contribution in [0, 0.1) is 6.92 Å². The lowest BCUT2D eigenvalue weighted by Gasteiger charge is -2.15. The molecule has 0 aliphatic heterocycles. The van der Waals surface area contributed by atoms with Gasteiger partial charge in [0.2, 0.25) is 0 Å². The van der Waals surface area contributed by atoms with Gasteiger partial charge in [-0.2, -0.15) is 0 Å². The van der Waals surface area contributed by atoms with Crippen molar-refractivity contribution in [2.45, 2.75) is 19.8 Å². The molecule has 0 amide bonds. The van der Waals surface area contributed by atoms with Gasteiger partial charge in [0.1, 0.15) is 11.5 Å². The zero-order valence-electron chi connectivity index (χ0n) is 9.83. The Morgan fingerprint density at radius 2 is 1.94 bits per heavy atom. The SMILES string of the molecule is [CH2]C(CF)c1ccc(OCC)cc1OCC. The van der Waals surface area contributed by atoms with Crippen molar-refractivity contribution in [3.8, 4) is 11.5 Å². The van der Waals surface area contributed by atoms with Crippen molar-refractivity contribution < 1.29 is 13.9 Å². The minimum atomic E-state index is -0.492. The lowest BCUT2D eigenvalue weighted by Crippen LogP contribution is -2.03. The maximum absolute atomic E-state index is 12.6. The van der Waals surface area contributed by atoms with Crippen LogP contribution in [-0.4, -0.2) is 19.9 Å². The molecule has 0 saturated heterocycles. The molecule has 1 radical (unpaired) electrons. The minimum absolute atomic E-state index is 0.391. The normalized spacial score (nSPS) is 12.2. The first-order valence-electron chi connectivity index (χ1n) is 5.51. The van der Waals surface area contributed by atoms with E-state index < -0.39 is 12.6 Å². The predicted octanol–water partition coefficient (Wildman–Crippen LogP) is 3.37. The van der Waals surface area contributed by atoms with Crippen LogP contribution >= 0.6 is 0 Å². The van der Waals surface area contributed by atoms with E-state index in [1.807, 2.05) is 26.0 Å². The molecule has 0 fully saturated rings. The zero-order chi connectivity index (χ0) is 12.0. The monoisotopic (exact) mass is 225 g/mol. The Bertz CT molecular complexity index is 326. The Kier molecular flexibility index (Phi) is 5.09. The summed E-state index contributed by atoms with van der Waals surface area (Å²) in [6.07, 6.45) is 0. The van der Waals surface area contributed by atoms with E-state index in [4.69, 9.17) is 9.47 Å². The fraction of sp³-hybridized carbons (Fsp3) is 0.462. The molecule has 0 heterocycles. The molecule has 0 aliphatic carbocycles. The van der Waals surface area contributed by atoms with Crippen LogP contribution < -0.4 is 9.47 Å². The van der Waals surface area contributed by atoms with Gasteiger partial charge in [-0.15, -0.1) is 0 Å². The summed E-state index contributed by atoms with van der Waals surface area (Å²) in [5.74, 6) is 1.00. The summed E-state index contributed by atoms with van der Waals surface area (Å²) in [4.78, 5) is 0. The summed E-state index contributed by atoms with van der Waals surface area (Å²) in [6, 6.07) is 5.42. The Morgan fingerprint density at radius 3 is 2.50 bits per heavy atom. The second-order valence-corrected chi connectivity index (χ2v) is 3.42. The highest BCUT2D eigenvalue weighted by molar-refractivity contribution is 5.43. The molecule has 1 rings (SSSR count). The highest BCUT2D eigenvalue weighted by atomic mass is 19.1. The molecule has 0 spiro atoms. The van der Waals surface area contributed by atoms with Crippen LogP contribution in [0.25, 0.3) is 0 Å². The Hall–Kier alpha value is -1.25. The second-order valence-electron chi connectivity index (χ2n) is 3.42. The topological polar surface area (TPSA) is 18.5 Å². The quantitative estimate of drug-likeness (QED) is 0.739. The van der Waals surface area contributed by atoms with Gasteiger partial charge >= 0.3 is 0 Å². The molecule has 0 N–H and O–H groups in total. The van der Waals surface area contributed by atoms with E-state index in [1.54, 1.807) is 6.07 Å². The van der Waals surface area contributed by atoms with Crippen molar-refractivity contribution in [1.82, 2.24) is 0 Å². The van der Waals surface area contributed by atoms with Gasteiger partial charge in [0.05, 0.1) is 19.9 Å². The number of hydrogen-bond acceptors (Lipinski definition) is 2. The number of alkyl halides is 1. The molecule has 89 valence electrons. The Labute approximate surface area is 96.4 Å². The highest BCUT2D eigenvalue weighted by Crippen LogP contribution is 2.30. The van der Waals surface area contributed by atoms with Gasteiger partial charge in [0.15, 0.2) is 0 Å². The van der Waals surface area contributed by atoms with Crippen molar-refractivity contribution in [3.05, 3.63) is 30.7 Å². The predicted molar refractivity (Wildman–Crippen MR) is 62.9 cm³/mol. The minimum Gasteiger partial charge on any atom is -0.494 e. The van der Waals surface area contributed by atoms with Gasteiger partial charge < -0.3 is 9.47 Å². The maximum atomic E-state index is 12.6. The fourth-order valence-corrected chi connectivity index (χ4v) is 1.47. The number of hydrogen-bond donors (Lipinski definition) is 0. The average Bonchev–Trinajstić information content (AvgIpc) is 2.29. The summed E-state index contributed by atoms with van der Waals surface area (Å²) < 4.78 is 23.4. The molecular weight excluding hydrogens is 207 g/mol. The van der Waals surface area contributed by atoms with Crippen molar-refractivity contribution in [2.24, 2.45) is 0 Å². The fourth-order valence-electron chi connectivity index (χ4n) is 1.47. The molecule has 0 bridgehead atoms. The summed E-state index contributed by atoms with van der Waals surface area (Å²) >= 11 is 0. The van der Waals surface area contributed by atoms with Crippen LogP contribution in [0.4, 0.5) is 4.39 Å². The second kappa shape index (κ2) is 6.36. The molecule has 1 atom stereocenters. The molecule has 1 aromatic rings. The molecule has 0 aromatic heterocycles. The van der Waals surface area contributed by atoms with Gasteiger partial charge in [-0.25, -0.2) is 0 Å². The van der Waals surface area contributed by atoms with Gasteiger partial charge in [0.25, 0.3) is 0 Å². The van der Waals surface area contributed by atoms with Crippen LogP contribution in [0.1, 0.15) is 25.3 Å². The van der Waals surface area contributed by atoms with Gasteiger partial charge in [-0.05, 0) is 26.8 Å². The number of halogens is 1. The Morgan fingerprint density at radius 1 is 1.25 bits per heavy atom. The number of ether oxygens (including phenoxy) is 2. The van der Waals surface area contributed by atoms with E-state index in [-0.39, 0.29) is 0 Å². The standard InChI is InChI=1S/C13H18FO2/c1-4-15-11-6-7-12(10(3)9-14)13(8-11)16-5-2/h6-8,10H,3-5,9H2,1-2H3. The summed E-state index contributed by atoms with van der Waals surface area (Å²) in [7, 11) is 0. The lowest BCUT2D eigenvalue weighted by molar-refractivity contribution is 0.318. The number of rotatable bonds is 6. The highest BCUT2D eigenvalue weighted by Gasteiger charge is 2.12. The first-order chi connectivity index (χ1) is 7.72. The molecule has 1 unspecified atom stereocenters. The van der Waals surface area contributed by atoms with Crippen LogP contribution in [0.3, 0.4) is 0 Å². The summed E-state index contributed by atoms with van der Waals surface area (Å²) in [5, 5.41) is 0. The molecule has 3 heteroatoms. The third-order valence-electron chi connectivity index (χ3n) is 2.22. The van der Waals surface area contributed by atoms with Crippen LogP contribution in [-0.2, 0) is 0 Å². The Balaban J connectivity index is 2.98. The van der Waals surface area contributed by atoms with E-state index in [1.165, 1.54) is 0 Å². The van der Waals surface area contributed by atoms with E-state index in [0.717, 1.165) is 11.3 Å². The lowest BCUT2D eigenvalue weighted by atomic mass is 10.0. The van der Waals surface area contributed by atoms with Gasteiger partial charge in [0, 0.05) is 17.5 Å². The van der Waals surface area contributed by atoms with E-state index in [0.29, 0.717) is 19.0 Å². The van der Waals surface area contributed by atoms with Crippen molar-refractivity contribution in [3.63, 3.8) is 0 Å². The third-order valence-corrected chi connectivity index (χ3v) is 2.22. The zero-order valence-corrected chi connectivity index (χ0v) is 9.83. The van der Waals surface area contributed by atoms with Crippen molar-refractivity contribution in [2.75, 3.05) is 19.9 Å². The van der Waals surface area contributed by atoms with Crippen LogP contribution in [0.2, 0.25) is 0 Å². The molecule has 16 heavy (non-hydrogen) atoms. The third kappa shape index (κ3) is 3.12.